The molecule has 0 aliphatic carbocycles. The van der Waals surface area contributed by atoms with E-state index < -0.39 is 0 Å². The SMILES string of the molecule is Cn1ccn(CCCCCS)c1=O. The zero-order chi connectivity index (χ0) is 9.68. The minimum atomic E-state index is 0.0749. The summed E-state index contributed by atoms with van der Waals surface area (Å²) in [7, 11) is 1.77. The lowest BCUT2D eigenvalue weighted by Gasteiger charge is -1.99. The Labute approximate surface area is 83.8 Å². The Morgan fingerprint density at radius 1 is 1.31 bits per heavy atom. The van der Waals surface area contributed by atoms with Crippen LogP contribution in [0.15, 0.2) is 17.2 Å². The number of thiol groups is 1. The van der Waals surface area contributed by atoms with Gasteiger partial charge in [0.25, 0.3) is 0 Å². The number of aryl methyl sites for hydroxylation is 2. The van der Waals surface area contributed by atoms with Gasteiger partial charge in [0.05, 0.1) is 0 Å². The van der Waals surface area contributed by atoms with Crippen molar-refractivity contribution in [3.63, 3.8) is 0 Å². The zero-order valence-corrected chi connectivity index (χ0v) is 8.83. The van der Waals surface area contributed by atoms with Gasteiger partial charge in [-0.15, -0.1) is 0 Å². The predicted molar refractivity (Wildman–Crippen MR) is 57.4 cm³/mol. The summed E-state index contributed by atoms with van der Waals surface area (Å²) in [5, 5.41) is 0. The molecule has 0 spiro atoms. The number of hydrogen-bond acceptors (Lipinski definition) is 2. The van der Waals surface area contributed by atoms with E-state index in [2.05, 4.69) is 12.6 Å². The highest BCUT2D eigenvalue weighted by Gasteiger charge is 1.97. The molecule has 1 aromatic heterocycles. The van der Waals surface area contributed by atoms with Crippen molar-refractivity contribution >= 4 is 12.6 Å². The summed E-state index contributed by atoms with van der Waals surface area (Å²) in [6.45, 7) is 0.827. The maximum atomic E-state index is 11.3. The average Bonchev–Trinajstić information content (AvgIpc) is 2.43. The Morgan fingerprint density at radius 3 is 2.62 bits per heavy atom. The van der Waals surface area contributed by atoms with Crippen LogP contribution in [0.2, 0.25) is 0 Å². The molecule has 3 nitrogen and oxygen atoms in total. The van der Waals surface area contributed by atoms with Gasteiger partial charge in [-0.05, 0) is 18.6 Å². The molecule has 1 rings (SSSR count). The van der Waals surface area contributed by atoms with Gasteiger partial charge < -0.3 is 4.57 Å². The van der Waals surface area contributed by atoms with Crippen molar-refractivity contribution in [3.8, 4) is 0 Å². The van der Waals surface area contributed by atoms with Crippen molar-refractivity contribution in [2.75, 3.05) is 5.75 Å². The largest absolute Gasteiger partial charge is 0.327 e. The summed E-state index contributed by atoms with van der Waals surface area (Å²) in [5.41, 5.74) is 0.0749. The zero-order valence-electron chi connectivity index (χ0n) is 7.94. The summed E-state index contributed by atoms with van der Waals surface area (Å²) in [6.07, 6.45) is 6.96. The summed E-state index contributed by atoms with van der Waals surface area (Å²) in [5.74, 6) is 0.934. The van der Waals surface area contributed by atoms with Crippen LogP contribution >= 0.6 is 12.6 Å². The topological polar surface area (TPSA) is 26.9 Å². The molecule has 0 aliphatic rings. The second-order valence-corrected chi connectivity index (χ2v) is 3.62. The van der Waals surface area contributed by atoms with Crippen LogP contribution in [0.5, 0.6) is 0 Å². The minimum Gasteiger partial charge on any atom is -0.302 e. The molecule has 0 amide bonds. The molecule has 0 unspecified atom stereocenters. The van der Waals surface area contributed by atoms with E-state index >= 15 is 0 Å². The predicted octanol–water partition coefficient (Wildman–Crippen LogP) is 1.29. The van der Waals surface area contributed by atoms with E-state index in [4.69, 9.17) is 0 Å². The normalized spacial score (nSPS) is 10.6. The first-order chi connectivity index (χ1) is 6.25. The fraction of sp³-hybridized carbons (Fsp3) is 0.667. The van der Waals surface area contributed by atoms with Crippen molar-refractivity contribution in [2.24, 2.45) is 7.05 Å². The van der Waals surface area contributed by atoms with Gasteiger partial charge in [0.15, 0.2) is 0 Å². The fourth-order valence-corrected chi connectivity index (χ4v) is 1.48. The smallest absolute Gasteiger partial charge is 0.302 e. The molecule has 1 aromatic rings. The summed E-state index contributed by atoms with van der Waals surface area (Å²) >= 11 is 4.13. The third-order valence-electron chi connectivity index (χ3n) is 2.07. The molecule has 0 aliphatic heterocycles. The van der Waals surface area contributed by atoms with E-state index in [1.54, 1.807) is 22.4 Å². The summed E-state index contributed by atoms with van der Waals surface area (Å²) in [4.78, 5) is 11.3. The van der Waals surface area contributed by atoms with Gasteiger partial charge in [-0.2, -0.15) is 12.6 Å². The Morgan fingerprint density at radius 2 is 2.08 bits per heavy atom. The highest BCUT2D eigenvalue weighted by atomic mass is 32.1. The fourth-order valence-electron chi connectivity index (χ4n) is 1.25. The summed E-state index contributed by atoms with van der Waals surface area (Å²) in [6, 6.07) is 0. The molecule has 0 saturated heterocycles. The van der Waals surface area contributed by atoms with Gasteiger partial charge in [0.1, 0.15) is 0 Å². The number of aromatic nitrogens is 2. The molecular formula is C9H16N2OS. The molecular weight excluding hydrogens is 184 g/mol. The van der Waals surface area contributed by atoms with Gasteiger partial charge in [0, 0.05) is 26.0 Å². The van der Waals surface area contributed by atoms with Crippen LogP contribution < -0.4 is 5.69 Å². The first-order valence-corrected chi connectivity index (χ1v) is 5.21. The van der Waals surface area contributed by atoms with Crippen LogP contribution in [0.1, 0.15) is 19.3 Å². The highest BCUT2D eigenvalue weighted by Crippen LogP contribution is 1.98. The van der Waals surface area contributed by atoms with Crippen molar-refractivity contribution in [3.05, 3.63) is 22.9 Å². The van der Waals surface area contributed by atoms with E-state index in [0.29, 0.717) is 0 Å². The number of hydrogen-bond donors (Lipinski definition) is 1. The first kappa shape index (κ1) is 10.4. The highest BCUT2D eigenvalue weighted by molar-refractivity contribution is 7.80. The summed E-state index contributed by atoms with van der Waals surface area (Å²) < 4.78 is 3.34. The molecule has 0 N–H and O–H groups in total. The Bertz CT molecular complexity index is 303. The molecule has 0 bridgehead atoms. The van der Waals surface area contributed by atoms with Gasteiger partial charge in [-0.3, -0.25) is 4.57 Å². The molecule has 0 fully saturated rings. The Balaban J connectivity index is 2.37. The van der Waals surface area contributed by atoms with E-state index in [9.17, 15) is 4.79 Å². The van der Waals surface area contributed by atoms with Crippen LogP contribution in [-0.2, 0) is 13.6 Å². The molecule has 0 atom stereocenters. The number of unbranched alkanes of at least 4 members (excludes halogenated alkanes) is 2. The van der Waals surface area contributed by atoms with E-state index in [-0.39, 0.29) is 5.69 Å². The number of nitrogens with zero attached hydrogens (tertiary/aromatic N) is 2. The second kappa shape index (κ2) is 5.17. The molecule has 13 heavy (non-hydrogen) atoms. The first-order valence-electron chi connectivity index (χ1n) is 4.58. The number of rotatable bonds is 5. The molecule has 74 valence electrons. The second-order valence-electron chi connectivity index (χ2n) is 3.17. The van der Waals surface area contributed by atoms with Gasteiger partial charge >= 0.3 is 5.69 Å². The lowest BCUT2D eigenvalue weighted by Crippen LogP contribution is -2.21. The molecule has 1 heterocycles. The number of imidazole rings is 1. The quantitative estimate of drug-likeness (QED) is 0.562. The Hall–Kier alpha value is -0.640. The standard InChI is InChI=1S/C9H16N2OS/c1-10-6-7-11(9(10)12)5-3-2-4-8-13/h6-7,13H,2-5,8H2,1H3. The molecule has 4 heteroatoms. The molecule has 0 saturated carbocycles. The van der Waals surface area contributed by atoms with Crippen LogP contribution in [0.4, 0.5) is 0 Å². The van der Waals surface area contributed by atoms with E-state index in [0.717, 1.165) is 31.6 Å². The maximum absolute atomic E-state index is 11.3. The van der Waals surface area contributed by atoms with Crippen molar-refractivity contribution in [2.45, 2.75) is 25.8 Å². The van der Waals surface area contributed by atoms with Crippen LogP contribution in [0.3, 0.4) is 0 Å². The van der Waals surface area contributed by atoms with Crippen molar-refractivity contribution < 1.29 is 0 Å². The molecule has 0 aromatic carbocycles. The minimum absolute atomic E-state index is 0.0749. The maximum Gasteiger partial charge on any atom is 0.327 e. The van der Waals surface area contributed by atoms with Crippen LogP contribution in [0.25, 0.3) is 0 Å². The van der Waals surface area contributed by atoms with Crippen LogP contribution in [-0.4, -0.2) is 14.9 Å². The molecule has 0 radical (unpaired) electrons. The lowest BCUT2D eigenvalue weighted by atomic mass is 10.2. The average molecular weight is 200 g/mol. The van der Waals surface area contributed by atoms with E-state index in [1.165, 1.54) is 0 Å². The lowest BCUT2D eigenvalue weighted by molar-refractivity contribution is 0.581. The van der Waals surface area contributed by atoms with Crippen LogP contribution in [0, 0.1) is 0 Å². The van der Waals surface area contributed by atoms with Crippen molar-refractivity contribution in [1.82, 2.24) is 9.13 Å². The van der Waals surface area contributed by atoms with Gasteiger partial charge in [0.2, 0.25) is 0 Å². The van der Waals surface area contributed by atoms with Gasteiger partial charge in [-0.1, -0.05) is 6.42 Å². The van der Waals surface area contributed by atoms with Crippen molar-refractivity contribution in [1.29, 1.82) is 0 Å². The monoisotopic (exact) mass is 200 g/mol. The third kappa shape index (κ3) is 2.95. The Kier molecular flexibility index (Phi) is 4.15. The van der Waals surface area contributed by atoms with Gasteiger partial charge in [-0.25, -0.2) is 4.79 Å². The van der Waals surface area contributed by atoms with E-state index in [1.807, 2.05) is 6.20 Å². The third-order valence-corrected chi connectivity index (χ3v) is 2.39.